The normalized spacial score (nSPS) is 10.5. The molecule has 8 nitrogen and oxygen atoms in total. The lowest BCUT2D eigenvalue weighted by Gasteiger charge is -2.04. The summed E-state index contributed by atoms with van der Waals surface area (Å²) in [5.41, 5.74) is 7.57. The predicted octanol–water partition coefficient (Wildman–Crippen LogP) is 3.35. The number of rotatable bonds is 5. The molecule has 4 rings (SSSR count). The van der Waals surface area contributed by atoms with E-state index < -0.39 is 11.8 Å². The van der Waals surface area contributed by atoms with E-state index in [4.69, 9.17) is 4.74 Å². The Kier molecular flexibility index (Phi) is 5.36. The van der Waals surface area contributed by atoms with E-state index in [0.29, 0.717) is 5.69 Å². The van der Waals surface area contributed by atoms with Gasteiger partial charge in [0.2, 0.25) is 0 Å². The molecule has 146 valence electrons. The van der Waals surface area contributed by atoms with Crippen LogP contribution in [0.25, 0.3) is 21.8 Å². The number of hydrogen-bond acceptors (Lipinski definition) is 7. The molecule has 0 aliphatic rings. The number of methoxy groups -OCH3 is 1. The van der Waals surface area contributed by atoms with Crippen LogP contribution in [-0.4, -0.2) is 34.1 Å². The molecule has 29 heavy (non-hydrogen) atoms. The first-order valence-corrected chi connectivity index (χ1v) is 10.2. The number of nitrogens with zero attached hydrogens (tertiary/aromatic N) is 2. The number of hydrogen-bond donors (Lipinski definition) is 3. The topological polar surface area (TPSA) is 109 Å². The molecular weight excluding hydrogens is 410 g/mol. The monoisotopic (exact) mass is 425 g/mol. The van der Waals surface area contributed by atoms with Crippen LogP contribution in [0.15, 0.2) is 52.5 Å². The summed E-state index contributed by atoms with van der Waals surface area (Å²) >= 11 is 2.93. The Morgan fingerprint density at radius 1 is 1.03 bits per heavy atom. The zero-order valence-corrected chi connectivity index (χ0v) is 16.8. The maximum absolute atomic E-state index is 12.3. The van der Waals surface area contributed by atoms with Crippen LogP contribution in [0.2, 0.25) is 0 Å². The first-order valence-electron chi connectivity index (χ1n) is 8.42. The van der Waals surface area contributed by atoms with Crippen molar-refractivity contribution in [3.63, 3.8) is 0 Å². The van der Waals surface area contributed by atoms with Crippen molar-refractivity contribution in [2.24, 2.45) is 0 Å². The van der Waals surface area contributed by atoms with Crippen LogP contribution in [0.4, 0.5) is 0 Å². The van der Waals surface area contributed by atoms with Gasteiger partial charge >= 0.3 is 0 Å². The van der Waals surface area contributed by atoms with Gasteiger partial charge in [-0.2, -0.15) is 16.4 Å². The molecule has 3 N–H and O–H groups in total. The molecule has 0 atom stereocenters. The van der Waals surface area contributed by atoms with Crippen LogP contribution in [0, 0.1) is 0 Å². The molecule has 2 amide bonds. The number of ether oxygens (including phenoxy) is 1. The van der Waals surface area contributed by atoms with Gasteiger partial charge in [-0.05, 0) is 41.8 Å². The third kappa shape index (κ3) is 4.18. The van der Waals surface area contributed by atoms with Crippen LogP contribution in [0.1, 0.15) is 21.0 Å². The van der Waals surface area contributed by atoms with Crippen LogP contribution in [0.3, 0.4) is 0 Å². The van der Waals surface area contributed by atoms with Crippen molar-refractivity contribution in [3.05, 3.63) is 63.9 Å². The van der Waals surface area contributed by atoms with E-state index in [2.05, 4.69) is 26.0 Å². The van der Waals surface area contributed by atoms with E-state index in [1.807, 2.05) is 41.1 Å². The summed E-state index contributed by atoms with van der Waals surface area (Å²) in [5, 5.41) is 13.1. The fourth-order valence-electron chi connectivity index (χ4n) is 2.49. The van der Waals surface area contributed by atoms with Crippen molar-refractivity contribution >= 4 is 34.5 Å². The highest BCUT2D eigenvalue weighted by Crippen LogP contribution is 2.25. The lowest BCUT2D eigenvalue weighted by atomic mass is 10.1. The molecule has 0 bridgehead atoms. The third-order valence-corrected chi connectivity index (χ3v) is 5.58. The highest BCUT2D eigenvalue weighted by molar-refractivity contribution is 7.14. The van der Waals surface area contributed by atoms with Crippen LogP contribution in [-0.2, 0) is 0 Å². The molecule has 0 aliphatic carbocycles. The van der Waals surface area contributed by atoms with E-state index in [1.165, 1.54) is 11.3 Å². The lowest BCUT2D eigenvalue weighted by molar-refractivity contribution is 0.0841. The molecule has 0 saturated heterocycles. The number of benzene rings is 1. The second-order valence-corrected chi connectivity index (χ2v) is 7.49. The zero-order chi connectivity index (χ0) is 20.2. The van der Waals surface area contributed by atoms with Crippen molar-refractivity contribution < 1.29 is 14.3 Å². The van der Waals surface area contributed by atoms with Gasteiger partial charge in [0, 0.05) is 21.9 Å². The van der Waals surface area contributed by atoms with Gasteiger partial charge in [0.1, 0.15) is 22.1 Å². The summed E-state index contributed by atoms with van der Waals surface area (Å²) in [6, 6.07) is 10.8. The zero-order valence-electron chi connectivity index (χ0n) is 15.1. The smallest absolute Gasteiger partial charge is 0.289 e. The molecule has 0 spiro atoms. The van der Waals surface area contributed by atoms with Gasteiger partial charge in [0.05, 0.1) is 12.8 Å². The Balaban J connectivity index is 1.37. The average molecular weight is 425 g/mol. The fraction of sp³-hybridized carbons (Fsp3) is 0.0526. The molecule has 0 saturated carbocycles. The molecule has 0 unspecified atom stereocenters. The fourth-order valence-corrected chi connectivity index (χ4v) is 4.00. The summed E-state index contributed by atoms with van der Waals surface area (Å²) < 4.78 is 5.13. The standard InChI is InChI=1S/C19H15N5O3S2/c1-27-13-4-2-11(3-5-13)14-8-15(22-21-14)17(25)23-24-18(26)16-10-29-19(20-16)12-6-7-28-9-12/h2-10H,1H3,(H,21,22)(H,23,25)(H,24,26). The summed E-state index contributed by atoms with van der Waals surface area (Å²) in [6.07, 6.45) is 0. The van der Waals surface area contributed by atoms with Gasteiger partial charge in [0.25, 0.3) is 11.8 Å². The van der Waals surface area contributed by atoms with Crippen molar-refractivity contribution in [2.45, 2.75) is 0 Å². The van der Waals surface area contributed by atoms with E-state index in [-0.39, 0.29) is 11.4 Å². The minimum atomic E-state index is -0.515. The number of H-pyrrole nitrogens is 1. The van der Waals surface area contributed by atoms with Crippen molar-refractivity contribution in [2.75, 3.05) is 7.11 Å². The van der Waals surface area contributed by atoms with Crippen molar-refractivity contribution in [1.82, 2.24) is 26.0 Å². The van der Waals surface area contributed by atoms with Crippen LogP contribution in [0.5, 0.6) is 5.75 Å². The van der Waals surface area contributed by atoms with E-state index >= 15 is 0 Å². The van der Waals surface area contributed by atoms with Crippen molar-refractivity contribution in [3.8, 4) is 27.6 Å². The summed E-state index contributed by atoms with van der Waals surface area (Å²) in [4.78, 5) is 28.8. The van der Waals surface area contributed by atoms with E-state index in [1.54, 1.807) is 29.9 Å². The molecule has 10 heteroatoms. The Morgan fingerprint density at radius 2 is 1.83 bits per heavy atom. The molecule has 0 radical (unpaired) electrons. The predicted molar refractivity (Wildman–Crippen MR) is 111 cm³/mol. The van der Waals surface area contributed by atoms with Gasteiger partial charge in [-0.3, -0.25) is 25.5 Å². The molecule has 4 aromatic rings. The average Bonchev–Trinajstić information content (AvgIpc) is 3.52. The SMILES string of the molecule is COc1ccc(-c2cc(C(=O)NNC(=O)c3csc(-c4ccsc4)n3)[nH]n2)cc1. The van der Waals surface area contributed by atoms with E-state index in [0.717, 1.165) is 21.9 Å². The Labute approximate surface area is 173 Å². The quantitative estimate of drug-likeness (QED) is 0.425. The minimum absolute atomic E-state index is 0.216. The number of nitrogens with one attached hydrogen (secondary N) is 3. The number of thiophene rings is 1. The molecular formula is C19H15N5O3S2. The minimum Gasteiger partial charge on any atom is -0.497 e. The number of carbonyl (C=O) groups excluding carboxylic acids is 2. The Hall–Kier alpha value is -3.50. The van der Waals surface area contributed by atoms with Gasteiger partial charge in [-0.1, -0.05) is 0 Å². The lowest BCUT2D eigenvalue weighted by Crippen LogP contribution is -2.41. The second kappa shape index (κ2) is 8.25. The molecule has 3 aromatic heterocycles. The maximum Gasteiger partial charge on any atom is 0.289 e. The van der Waals surface area contributed by atoms with Crippen LogP contribution < -0.4 is 15.6 Å². The number of thiazole rings is 1. The van der Waals surface area contributed by atoms with Crippen molar-refractivity contribution in [1.29, 1.82) is 0 Å². The Morgan fingerprint density at radius 3 is 2.55 bits per heavy atom. The highest BCUT2D eigenvalue weighted by atomic mass is 32.1. The molecule has 3 heterocycles. The number of carbonyl (C=O) groups is 2. The first kappa shape index (κ1) is 18.8. The second-order valence-electron chi connectivity index (χ2n) is 5.85. The van der Waals surface area contributed by atoms with Gasteiger partial charge in [0.15, 0.2) is 0 Å². The first-order chi connectivity index (χ1) is 14.1. The van der Waals surface area contributed by atoms with E-state index in [9.17, 15) is 9.59 Å². The third-order valence-electron chi connectivity index (χ3n) is 4.00. The highest BCUT2D eigenvalue weighted by Gasteiger charge is 2.15. The largest absolute Gasteiger partial charge is 0.497 e. The number of aromatic amines is 1. The van der Waals surface area contributed by atoms with Crippen LogP contribution >= 0.6 is 22.7 Å². The summed E-state index contributed by atoms with van der Waals surface area (Å²) in [6.45, 7) is 0. The van der Waals surface area contributed by atoms with Gasteiger partial charge in [-0.15, -0.1) is 11.3 Å². The molecule has 0 aliphatic heterocycles. The van der Waals surface area contributed by atoms with Gasteiger partial charge < -0.3 is 4.74 Å². The molecule has 1 aromatic carbocycles. The number of aromatic nitrogens is 3. The number of amides is 2. The summed E-state index contributed by atoms with van der Waals surface area (Å²) in [5.74, 6) is -0.279. The summed E-state index contributed by atoms with van der Waals surface area (Å²) in [7, 11) is 1.59. The Bertz CT molecular complexity index is 1130. The number of hydrazine groups is 1. The van der Waals surface area contributed by atoms with Gasteiger partial charge in [-0.25, -0.2) is 4.98 Å². The maximum atomic E-state index is 12.3. The molecule has 0 fully saturated rings.